The minimum absolute atomic E-state index is 0.581. The quantitative estimate of drug-likeness (QED) is 0.829. The third-order valence-corrected chi connectivity index (χ3v) is 3.15. The third kappa shape index (κ3) is 1.82. The summed E-state index contributed by atoms with van der Waals surface area (Å²) in [6.07, 6.45) is 5.90. The number of hydrogen-bond acceptors (Lipinski definition) is 3. The van der Waals surface area contributed by atoms with Crippen LogP contribution in [0.15, 0.2) is 22.8 Å². The van der Waals surface area contributed by atoms with Gasteiger partial charge in [0, 0.05) is 18.9 Å². The maximum atomic E-state index is 5.30. The Morgan fingerprint density at radius 3 is 3.06 bits per heavy atom. The molecule has 1 fully saturated rings. The highest BCUT2D eigenvalue weighted by molar-refractivity contribution is 7.71. The number of rotatable bonds is 4. The van der Waals surface area contributed by atoms with Crippen LogP contribution in [0.3, 0.4) is 0 Å². The van der Waals surface area contributed by atoms with Gasteiger partial charge in [-0.15, -0.1) is 0 Å². The van der Waals surface area contributed by atoms with Crippen molar-refractivity contribution in [2.24, 2.45) is 0 Å². The van der Waals surface area contributed by atoms with Gasteiger partial charge in [-0.3, -0.25) is 5.10 Å². The number of nitrogens with zero attached hydrogens (tertiary/aromatic N) is 2. The van der Waals surface area contributed by atoms with Gasteiger partial charge in [0.2, 0.25) is 0 Å². The molecule has 0 amide bonds. The van der Waals surface area contributed by atoms with E-state index in [-0.39, 0.29) is 0 Å². The zero-order chi connectivity index (χ0) is 11.0. The molecule has 2 aromatic rings. The number of aromatic amines is 1. The predicted molar refractivity (Wildman–Crippen MR) is 61.8 cm³/mol. The molecule has 1 aliphatic rings. The van der Waals surface area contributed by atoms with Crippen molar-refractivity contribution in [2.75, 3.05) is 0 Å². The van der Waals surface area contributed by atoms with E-state index in [1.807, 2.05) is 12.1 Å². The third-order valence-electron chi connectivity index (χ3n) is 2.86. The van der Waals surface area contributed by atoms with Crippen LogP contribution >= 0.6 is 12.2 Å². The maximum absolute atomic E-state index is 5.30. The van der Waals surface area contributed by atoms with E-state index in [1.54, 1.807) is 6.26 Å². The molecule has 0 aliphatic heterocycles. The Kier molecular flexibility index (Phi) is 2.40. The van der Waals surface area contributed by atoms with Crippen LogP contribution in [0.4, 0.5) is 0 Å². The summed E-state index contributed by atoms with van der Waals surface area (Å²) in [6, 6.07) is 4.48. The lowest BCUT2D eigenvalue weighted by molar-refractivity contribution is 0.503. The Labute approximate surface area is 98.3 Å². The Bertz CT molecular complexity index is 522. The molecule has 0 saturated heterocycles. The zero-order valence-corrected chi connectivity index (χ0v) is 9.67. The molecule has 3 rings (SSSR count). The second kappa shape index (κ2) is 3.90. The van der Waals surface area contributed by atoms with E-state index in [0.29, 0.717) is 6.04 Å². The standard InChI is InChI=1S/C11H13N3OS/c16-11-13-12-10(14(11)8-3-4-8)6-5-9-2-1-7-15-9/h1-2,7-8H,3-6H2,(H,13,16). The normalized spacial score (nSPS) is 15.5. The van der Waals surface area contributed by atoms with Crippen molar-refractivity contribution < 1.29 is 4.42 Å². The van der Waals surface area contributed by atoms with Gasteiger partial charge in [-0.25, -0.2) is 0 Å². The van der Waals surface area contributed by atoms with Gasteiger partial charge in [0.25, 0.3) is 0 Å². The van der Waals surface area contributed by atoms with Crippen molar-refractivity contribution in [3.05, 3.63) is 34.8 Å². The second-order valence-corrected chi connectivity index (χ2v) is 4.51. The van der Waals surface area contributed by atoms with Crippen molar-refractivity contribution in [1.82, 2.24) is 14.8 Å². The van der Waals surface area contributed by atoms with Crippen molar-refractivity contribution in [3.8, 4) is 0 Å². The van der Waals surface area contributed by atoms with Gasteiger partial charge in [0.15, 0.2) is 4.77 Å². The number of furan rings is 1. The van der Waals surface area contributed by atoms with Gasteiger partial charge < -0.3 is 8.98 Å². The van der Waals surface area contributed by atoms with Gasteiger partial charge >= 0.3 is 0 Å². The summed E-state index contributed by atoms with van der Waals surface area (Å²) in [5, 5.41) is 7.15. The van der Waals surface area contributed by atoms with Crippen molar-refractivity contribution in [3.63, 3.8) is 0 Å². The number of hydrogen-bond donors (Lipinski definition) is 1. The molecule has 1 saturated carbocycles. The fourth-order valence-corrected chi connectivity index (χ4v) is 2.21. The first kappa shape index (κ1) is 9.84. The lowest BCUT2D eigenvalue weighted by atomic mass is 10.2. The number of aryl methyl sites for hydroxylation is 2. The molecule has 0 aromatic carbocycles. The maximum Gasteiger partial charge on any atom is 0.195 e. The van der Waals surface area contributed by atoms with E-state index in [0.717, 1.165) is 29.2 Å². The number of nitrogens with one attached hydrogen (secondary N) is 1. The molecule has 1 N–H and O–H groups in total. The molecule has 0 radical (unpaired) electrons. The fraction of sp³-hybridized carbons (Fsp3) is 0.455. The molecule has 2 aromatic heterocycles. The van der Waals surface area contributed by atoms with Crippen LogP contribution in [0.2, 0.25) is 0 Å². The van der Waals surface area contributed by atoms with Crippen LogP contribution in [0.1, 0.15) is 30.5 Å². The highest BCUT2D eigenvalue weighted by atomic mass is 32.1. The topological polar surface area (TPSA) is 46.8 Å². The summed E-state index contributed by atoms with van der Waals surface area (Å²) in [5.41, 5.74) is 0. The first-order valence-electron chi connectivity index (χ1n) is 5.53. The number of H-pyrrole nitrogens is 1. The van der Waals surface area contributed by atoms with Crippen LogP contribution < -0.4 is 0 Å². The second-order valence-electron chi connectivity index (χ2n) is 4.13. The van der Waals surface area contributed by atoms with Crippen LogP contribution in [-0.2, 0) is 12.8 Å². The minimum atomic E-state index is 0.581. The van der Waals surface area contributed by atoms with E-state index < -0.39 is 0 Å². The predicted octanol–water partition coefficient (Wildman–Crippen LogP) is 2.65. The van der Waals surface area contributed by atoms with E-state index in [1.165, 1.54) is 12.8 Å². The van der Waals surface area contributed by atoms with E-state index >= 15 is 0 Å². The highest BCUT2D eigenvalue weighted by Crippen LogP contribution is 2.35. The monoisotopic (exact) mass is 235 g/mol. The van der Waals surface area contributed by atoms with Crippen molar-refractivity contribution >= 4 is 12.2 Å². The SMILES string of the molecule is S=c1[nH]nc(CCc2ccco2)n1C1CC1. The fourth-order valence-electron chi connectivity index (χ4n) is 1.91. The van der Waals surface area contributed by atoms with Crippen molar-refractivity contribution in [1.29, 1.82) is 0 Å². The van der Waals surface area contributed by atoms with E-state index in [9.17, 15) is 0 Å². The molecule has 84 valence electrons. The Morgan fingerprint density at radius 1 is 1.50 bits per heavy atom. The lowest BCUT2D eigenvalue weighted by Gasteiger charge is -2.03. The molecule has 0 bridgehead atoms. The molecule has 2 heterocycles. The first-order chi connectivity index (χ1) is 7.84. The zero-order valence-electron chi connectivity index (χ0n) is 8.85. The van der Waals surface area contributed by atoms with Gasteiger partial charge in [-0.1, -0.05) is 0 Å². The minimum Gasteiger partial charge on any atom is -0.469 e. The molecular formula is C11H13N3OS. The molecule has 0 spiro atoms. The average Bonchev–Trinajstić information content (AvgIpc) is 2.85. The Hall–Kier alpha value is -1.36. The van der Waals surface area contributed by atoms with Crippen molar-refractivity contribution in [2.45, 2.75) is 31.7 Å². The lowest BCUT2D eigenvalue weighted by Crippen LogP contribution is -2.03. The summed E-state index contributed by atoms with van der Waals surface area (Å²) in [6.45, 7) is 0. The number of aromatic nitrogens is 3. The van der Waals surface area contributed by atoms with Gasteiger partial charge in [-0.05, 0) is 37.2 Å². The Balaban J connectivity index is 1.77. The van der Waals surface area contributed by atoms with Gasteiger partial charge in [0.05, 0.1) is 6.26 Å². The summed E-state index contributed by atoms with van der Waals surface area (Å²) in [4.78, 5) is 0. The molecule has 0 unspecified atom stereocenters. The first-order valence-corrected chi connectivity index (χ1v) is 5.93. The van der Waals surface area contributed by atoms with Crippen LogP contribution in [-0.4, -0.2) is 14.8 Å². The molecule has 5 heteroatoms. The highest BCUT2D eigenvalue weighted by Gasteiger charge is 2.26. The van der Waals surface area contributed by atoms with Crippen LogP contribution in [0.25, 0.3) is 0 Å². The summed E-state index contributed by atoms with van der Waals surface area (Å²) < 4.78 is 8.20. The molecule has 16 heavy (non-hydrogen) atoms. The molecule has 4 nitrogen and oxygen atoms in total. The summed E-state index contributed by atoms with van der Waals surface area (Å²) in [7, 11) is 0. The summed E-state index contributed by atoms with van der Waals surface area (Å²) >= 11 is 5.22. The van der Waals surface area contributed by atoms with E-state index in [4.69, 9.17) is 16.6 Å². The van der Waals surface area contributed by atoms with Gasteiger partial charge in [-0.2, -0.15) is 5.10 Å². The molecule has 0 atom stereocenters. The van der Waals surface area contributed by atoms with Crippen LogP contribution in [0, 0.1) is 4.77 Å². The Morgan fingerprint density at radius 2 is 2.38 bits per heavy atom. The summed E-state index contributed by atoms with van der Waals surface area (Å²) in [5.74, 6) is 2.04. The van der Waals surface area contributed by atoms with Crippen LogP contribution in [0.5, 0.6) is 0 Å². The van der Waals surface area contributed by atoms with E-state index in [2.05, 4.69) is 14.8 Å². The largest absolute Gasteiger partial charge is 0.469 e. The molecular weight excluding hydrogens is 222 g/mol. The van der Waals surface area contributed by atoms with Gasteiger partial charge in [0.1, 0.15) is 11.6 Å². The average molecular weight is 235 g/mol. The molecule has 1 aliphatic carbocycles. The smallest absolute Gasteiger partial charge is 0.195 e.